The Bertz CT molecular complexity index is 803. The Labute approximate surface area is 126 Å². The van der Waals surface area contributed by atoms with Crippen molar-refractivity contribution in [1.29, 1.82) is 5.26 Å². The molecule has 3 rings (SSSR count). The van der Waals surface area contributed by atoms with Crippen LogP contribution in [0.2, 0.25) is 0 Å². The van der Waals surface area contributed by atoms with E-state index < -0.39 is 0 Å². The summed E-state index contributed by atoms with van der Waals surface area (Å²) in [5.74, 6) is 0.0189. The number of phenolic OH excluding ortho intramolecular Hbond substituents is 1. The number of rotatable bonds is 3. The zero-order valence-corrected chi connectivity index (χ0v) is 12.0. The van der Waals surface area contributed by atoms with Gasteiger partial charge in [0.25, 0.3) is 0 Å². The minimum Gasteiger partial charge on any atom is -0.507 e. The van der Waals surface area contributed by atoms with Gasteiger partial charge in [-0.3, -0.25) is 0 Å². The number of thiazole rings is 1. The van der Waals surface area contributed by atoms with Crippen molar-refractivity contribution in [2.75, 3.05) is 0 Å². The van der Waals surface area contributed by atoms with Crippen molar-refractivity contribution in [2.45, 2.75) is 6.42 Å². The molecule has 0 aliphatic carbocycles. The Morgan fingerprint density at radius 1 is 1.14 bits per heavy atom. The first-order chi connectivity index (χ1) is 10.3. The topological polar surface area (TPSA) is 56.9 Å². The van der Waals surface area contributed by atoms with Crippen molar-refractivity contribution in [3.63, 3.8) is 0 Å². The fraction of sp³-hybridized carbons (Fsp3) is 0.0588. The van der Waals surface area contributed by atoms with Gasteiger partial charge in [-0.15, -0.1) is 11.3 Å². The zero-order chi connectivity index (χ0) is 14.7. The van der Waals surface area contributed by atoms with Gasteiger partial charge in [-0.05, 0) is 17.7 Å². The van der Waals surface area contributed by atoms with Crippen LogP contribution in [-0.4, -0.2) is 10.1 Å². The molecule has 0 amide bonds. The summed E-state index contributed by atoms with van der Waals surface area (Å²) >= 11 is 1.60. The normalized spacial score (nSPS) is 10.2. The molecule has 3 aromatic rings. The Morgan fingerprint density at radius 2 is 1.95 bits per heavy atom. The van der Waals surface area contributed by atoms with Crippen LogP contribution in [-0.2, 0) is 6.42 Å². The van der Waals surface area contributed by atoms with Crippen molar-refractivity contribution < 1.29 is 5.11 Å². The van der Waals surface area contributed by atoms with E-state index in [1.165, 1.54) is 0 Å². The van der Waals surface area contributed by atoms with Crippen LogP contribution < -0.4 is 0 Å². The molecule has 0 saturated carbocycles. The molecule has 102 valence electrons. The number of aromatic hydroxyl groups is 1. The second-order valence-electron chi connectivity index (χ2n) is 4.63. The van der Waals surface area contributed by atoms with Crippen LogP contribution >= 0.6 is 11.3 Å². The van der Waals surface area contributed by atoms with Gasteiger partial charge in [-0.25, -0.2) is 4.98 Å². The smallest absolute Gasteiger partial charge is 0.133 e. The number of benzene rings is 2. The number of phenols is 1. The standard InChI is InChI=1S/C17H12N2OS/c18-10-14-8-12(6-7-16(14)20)9-17-19-15(11-21-17)13-4-2-1-3-5-13/h1-8,11,20H,9H2. The van der Waals surface area contributed by atoms with Gasteiger partial charge in [0.2, 0.25) is 0 Å². The summed E-state index contributed by atoms with van der Waals surface area (Å²) in [4.78, 5) is 4.63. The minimum atomic E-state index is 0.0189. The first-order valence-corrected chi connectivity index (χ1v) is 7.36. The van der Waals surface area contributed by atoms with Gasteiger partial charge < -0.3 is 5.11 Å². The molecule has 0 spiro atoms. The van der Waals surface area contributed by atoms with E-state index in [1.807, 2.05) is 47.8 Å². The van der Waals surface area contributed by atoms with Gasteiger partial charge in [0, 0.05) is 17.4 Å². The van der Waals surface area contributed by atoms with Gasteiger partial charge in [0.15, 0.2) is 0 Å². The lowest BCUT2D eigenvalue weighted by atomic mass is 10.1. The van der Waals surface area contributed by atoms with E-state index in [1.54, 1.807) is 23.5 Å². The second kappa shape index (κ2) is 5.78. The van der Waals surface area contributed by atoms with Crippen molar-refractivity contribution in [2.24, 2.45) is 0 Å². The molecule has 2 aromatic carbocycles. The summed E-state index contributed by atoms with van der Waals surface area (Å²) in [7, 11) is 0. The van der Waals surface area contributed by atoms with Crippen LogP contribution in [0.25, 0.3) is 11.3 Å². The van der Waals surface area contributed by atoms with Crippen LogP contribution in [0.1, 0.15) is 16.1 Å². The van der Waals surface area contributed by atoms with E-state index >= 15 is 0 Å². The average molecular weight is 292 g/mol. The number of hydrogen-bond donors (Lipinski definition) is 1. The van der Waals surface area contributed by atoms with Gasteiger partial charge in [0.1, 0.15) is 11.8 Å². The molecule has 0 fully saturated rings. The molecule has 1 heterocycles. The fourth-order valence-corrected chi connectivity index (χ4v) is 2.93. The van der Waals surface area contributed by atoms with Crippen LogP contribution in [0, 0.1) is 11.3 Å². The van der Waals surface area contributed by atoms with Crippen molar-refractivity contribution in [3.8, 4) is 23.1 Å². The van der Waals surface area contributed by atoms with Gasteiger partial charge >= 0.3 is 0 Å². The molecule has 0 bridgehead atoms. The molecule has 0 saturated heterocycles. The Balaban J connectivity index is 1.84. The second-order valence-corrected chi connectivity index (χ2v) is 5.58. The molecule has 0 radical (unpaired) electrons. The monoisotopic (exact) mass is 292 g/mol. The number of hydrogen-bond acceptors (Lipinski definition) is 4. The summed E-state index contributed by atoms with van der Waals surface area (Å²) in [6.07, 6.45) is 0.659. The largest absolute Gasteiger partial charge is 0.507 e. The summed E-state index contributed by atoms with van der Waals surface area (Å²) in [6.45, 7) is 0. The van der Waals surface area contributed by atoms with Gasteiger partial charge in [-0.1, -0.05) is 36.4 Å². The van der Waals surface area contributed by atoms with Crippen LogP contribution in [0.5, 0.6) is 5.75 Å². The maximum Gasteiger partial charge on any atom is 0.133 e. The molecule has 1 N–H and O–H groups in total. The highest BCUT2D eigenvalue weighted by atomic mass is 32.1. The Hall–Kier alpha value is -2.64. The van der Waals surface area contributed by atoms with Crippen LogP contribution in [0.3, 0.4) is 0 Å². The van der Waals surface area contributed by atoms with Crippen molar-refractivity contribution >= 4 is 11.3 Å². The van der Waals surface area contributed by atoms with E-state index in [0.717, 1.165) is 21.8 Å². The van der Waals surface area contributed by atoms with E-state index in [0.29, 0.717) is 12.0 Å². The molecule has 1 aromatic heterocycles. The molecule has 4 heteroatoms. The minimum absolute atomic E-state index is 0.0189. The average Bonchev–Trinajstić information content (AvgIpc) is 2.98. The lowest BCUT2D eigenvalue weighted by Crippen LogP contribution is -1.89. The summed E-state index contributed by atoms with van der Waals surface area (Å²) in [5.41, 5.74) is 3.34. The third-order valence-electron chi connectivity index (χ3n) is 3.16. The summed E-state index contributed by atoms with van der Waals surface area (Å²) in [6, 6.07) is 17.1. The first-order valence-electron chi connectivity index (χ1n) is 6.48. The summed E-state index contributed by atoms with van der Waals surface area (Å²) < 4.78 is 0. The third kappa shape index (κ3) is 2.93. The van der Waals surface area contributed by atoms with E-state index in [2.05, 4.69) is 4.98 Å². The maximum atomic E-state index is 9.52. The SMILES string of the molecule is N#Cc1cc(Cc2nc(-c3ccccc3)cs2)ccc1O. The zero-order valence-electron chi connectivity index (χ0n) is 11.2. The van der Waals surface area contributed by atoms with Crippen molar-refractivity contribution in [3.05, 3.63) is 70.0 Å². The molecule has 3 nitrogen and oxygen atoms in total. The predicted molar refractivity (Wildman–Crippen MR) is 83.2 cm³/mol. The molecular weight excluding hydrogens is 280 g/mol. The molecule has 0 aliphatic heterocycles. The molecule has 0 aliphatic rings. The number of nitrogens with zero attached hydrogens (tertiary/aromatic N) is 2. The summed E-state index contributed by atoms with van der Waals surface area (Å²) in [5, 5.41) is 21.5. The van der Waals surface area contributed by atoms with Gasteiger partial charge in [0.05, 0.1) is 16.3 Å². The van der Waals surface area contributed by atoms with Crippen LogP contribution in [0.15, 0.2) is 53.9 Å². The Kier molecular flexibility index (Phi) is 3.67. The van der Waals surface area contributed by atoms with Gasteiger partial charge in [-0.2, -0.15) is 5.26 Å². The van der Waals surface area contributed by atoms with E-state index in [-0.39, 0.29) is 5.75 Å². The third-order valence-corrected chi connectivity index (χ3v) is 4.01. The maximum absolute atomic E-state index is 9.52. The Morgan fingerprint density at radius 3 is 2.71 bits per heavy atom. The highest BCUT2D eigenvalue weighted by Gasteiger charge is 2.07. The van der Waals surface area contributed by atoms with E-state index in [4.69, 9.17) is 5.26 Å². The van der Waals surface area contributed by atoms with Crippen molar-refractivity contribution in [1.82, 2.24) is 4.98 Å². The lowest BCUT2D eigenvalue weighted by molar-refractivity contribution is 0.473. The predicted octanol–water partition coefficient (Wildman–Crippen LogP) is 3.98. The highest BCUT2D eigenvalue weighted by molar-refractivity contribution is 7.10. The molecule has 21 heavy (non-hydrogen) atoms. The first kappa shape index (κ1) is 13.3. The fourth-order valence-electron chi connectivity index (χ4n) is 2.09. The molecule has 0 unspecified atom stereocenters. The number of aromatic nitrogens is 1. The molecule has 0 atom stereocenters. The highest BCUT2D eigenvalue weighted by Crippen LogP contribution is 2.24. The quantitative estimate of drug-likeness (QED) is 0.794. The molecular formula is C17H12N2OS. The van der Waals surface area contributed by atoms with E-state index in [9.17, 15) is 5.11 Å². The lowest BCUT2D eigenvalue weighted by Gasteiger charge is -2.01. The van der Waals surface area contributed by atoms with Crippen LogP contribution in [0.4, 0.5) is 0 Å². The number of nitriles is 1.